The van der Waals surface area contributed by atoms with E-state index in [0.717, 1.165) is 16.7 Å². The fourth-order valence-electron chi connectivity index (χ4n) is 1.96. The van der Waals surface area contributed by atoms with E-state index < -0.39 is 5.54 Å². The summed E-state index contributed by atoms with van der Waals surface area (Å²) in [6.45, 7) is 3.90. The average Bonchev–Trinajstić information content (AvgIpc) is 2.30. The van der Waals surface area contributed by atoms with Gasteiger partial charge in [-0.05, 0) is 48.7 Å². The highest BCUT2D eigenvalue weighted by Crippen LogP contribution is 2.28. The molecule has 1 aromatic heterocycles. The fourth-order valence-corrected chi connectivity index (χ4v) is 1.96. The summed E-state index contributed by atoms with van der Waals surface area (Å²) in [4.78, 5) is 4.10. The van der Waals surface area contributed by atoms with E-state index in [9.17, 15) is 4.39 Å². The number of rotatable bonds is 2. The van der Waals surface area contributed by atoms with Crippen LogP contribution in [0.5, 0.6) is 0 Å². The smallest absolute Gasteiger partial charge is 0.123 e. The molecule has 0 radical (unpaired) electrons. The van der Waals surface area contributed by atoms with Crippen molar-refractivity contribution in [3.63, 3.8) is 0 Å². The van der Waals surface area contributed by atoms with Crippen LogP contribution in [0.2, 0.25) is 0 Å². The van der Waals surface area contributed by atoms with Crippen molar-refractivity contribution in [3.05, 3.63) is 65.2 Å². The van der Waals surface area contributed by atoms with Gasteiger partial charge in [-0.15, -0.1) is 0 Å². The van der Waals surface area contributed by atoms with E-state index in [4.69, 9.17) is 5.73 Å². The van der Waals surface area contributed by atoms with Crippen LogP contribution in [-0.2, 0) is 5.54 Å². The Morgan fingerprint density at radius 3 is 2.41 bits per heavy atom. The van der Waals surface area contributed by atoms with Crippen LogP contribution >= 0.6 is 0 Å². The summed E-state index contributed by atoms with van der Waals surface area (Å²) in [5, 5.41) is 0. The minimum atomic E-state index is -0.661. The van der Waals surface area contributed by atoms with Crippen LogP contribution < -0.4 is 5.73 Å². The number of hydrogen-bond acceptors (Lipinski definition) is 2. The SMILES string of the molecule is Cc1ccncc1C(C)(N)c1ccc(F)cc1. The van der Waals surface area contributed by atoms with Gasteiger partial charge < -0.3 is 5.73 Å². The lowest BCUT2D eigenvalue weighted by Gasteiger charge is -2.27. The largest absolute Gasteiger partial charge is 0.318 e. The van der Waals surface area contributed by atoms with Crippen molar-refractivity contribution in [2.75, 3.05) is 0 Å². The molecule has 0 bridgehead atoms. The van der Waals surface area contributed by atoms with Gasteiger partial charge in [0.05, 0.1) is 5.54 Å². The minimum Gasteiger partial charge on any atom is -0.318 e. The number of hydrogen-bond donors (Lipinski definition) is 1. The lowest BCUT2D eigenvalue weighted by atomic mass is 9.84. The Bertz CT molecular complexity index is 518. The molecule has 0 fully saturated rings. The van der Waals surface area contributed by atoms with Gasteiger partial charge in [0.2, 0.25) is 0 Å². The summed E-state index contributed by atoms with van der Waals surface area (Å²) in [6.07, 6.45) is 3.50. The predicted molar refractivity (Wildman–Crippen MR) is 66.0 cm³/mol. The topological polar surface area (TPSA) is 38.9 Å². The molecular formula is C14H15FN2. The Labute approximate surface area is 100 Å². The van der Waals surface area contributed by atoms with Gasteiger partial charge in [0.15, 0.2) is 0 Å². The van der Waals surface area contributed by atoms with Crippen LogP contribution in [0.1, 0.15) is 23.6 Å². The molecule has 0 aliphatic carbocycles. The van der Waals surface area contributed by atoms with Gasteiger partial charge in [0, 0.05) is 12.4 Å². The maximum absolute atomic E-state index is 12.9. The number of nitrogens with two attached hydrogens (primary N) is 1. The third kappa shape index (κ3) is 2.19. The summed E-state index contributed by atoms with van der Waals surface area (Å²) < 4.78 is 12.9. The van der Waals surface area contributed by atoms with Gasteiger partial charge in [-0.1, -0.05) is 12.1 Å². The molecule has 0 aliphatic rings. The van der Waals surface area contributed by atoms with Crippen LogP contribution in [0.25, 0.3) is 0 Å². The summed E-state index contributed by atoms with van der Waals surface area (Å²) in [7, 11) is 0. The molecule has 0 amide bonds. The van der Waals surface area contributed by atoms with Crippen molar-refractivity contribution in [2.24, 2.45) is 5.73 Å². The zero-order chi connectivity index (χ0) is 12.5. The molecular weight excluding hydrogens is 215 g/mol. The molecule has 0 saturated heterocycles. The fraction of sp³-hybridized carbons (Fsp3) is 0.214. The Balaban J connectivity index is 2.49. The number of nitrogens with zero attached hydrogens (tertiary/aromatic N) is 1. The average molecular weight is 230 g/mol. The lowest BCUT2D eigenvalue weighted by molar-refractivity contribution is 0.587. The maximum Gasteiger partial charge on any atom is 0.123 e. The Morgan fingerprint density at radius 2 is 1.82 bits per heavy atom. The van der Waals surface area contributed by atoms with Crippen LogP contribution in [0.4, 0.5) is 4.39 Å². The van der Waals surface area contributed by atoms with Gasteiger partial charge in [-0.25, -0.2) is 4.39 Å². The highest BCUT2D eigenvalue weighted by molar-refractivity contribution is 5.39. The van der Waals surface area contributed by atoms with Gasteiger partial charge in [0.25, 0.3) is 0 Å². The first-order chi connectivity index (χ1) is 8.01. The van der Waals surface area contributed by atoms with Gasteiger partial charge >= 0.3 is 0 Å². The maximum atomic E-state index is 12.9. The van der Waals surface area contributed by atoms with Gasteiger partial charge in [-0.3, -0.25) is 4.98 Å². The first-order valence-corrected chi connectivity index (χ1v) is 5.48. The number of aromatic nitrogens is 1. The first-order valence-electron chi connectivity index (χ1n) is 5.48. The molecule has 3 heteroatoms. The van der Waals surface area contributed by atoms with E-state index in [1.807, 2.05) is 19.9 Å². The zero-order valence-corrected chi connectivity index (χ0v) is 9.94. The summed E-state index contributed by atoms with van der Waals surface area (Å²) in [6, 6.07) is 8.19. The minimum absolute atomic E-state index is 0.257. The van der Waals surface area contributed by atoms with Crippen molar-refractivity contribution < 1.29 is 4.39 Å². The summed E-state index contributed by atoms with van der Waals surface area (Å²) in [5.41, 5.74) is 8.59. The Kier molecular flexibility index (Phi) is 2.94. The monoisotopic (exact) mass is 230 g/mol. The van der Waals surface area contributed by atoms with Crippen molar-refractivity contribution in [1.29, 1.82) is 0 Å². The normalized spacial score (nSPS) is 14.4. The second kappa shape index (κ2) is 4.26. The lowest BCUT2D eigenvalue weighted by Crippen LogP contribution is -2.35. The standard InChI is InChI=1S/C14H15FN2/c1-10-7-8-17-9-13(10)14(2,16)11-3-5-12(15)6-4-11/h3-9H,16H2,1-2H3. The molecule has 1 unspecified atom stereocenters. The summed E-state index contributed by atoms with van der Waals surface area (Å²) in [5.74, 6) is -0.257. The van der Waals surface area contributed by atoms with Gasteiger partial charge in [-0.2, -0.15) is 0 Å². The van der Waals surface area contributed by atoms with Crippen LogP contribution in [0.15, 0.2) is 42.7 Å². The van der Waals surface area contributed by atoms with E-state index in [0.29, 0.717) is 0 Å². The van der Waals surface area contributed by atoms with E-state index in [2.05, 4.69) is 4.98 Å². The highest BCUT2D eigenvalue weighted by Gasteiger charge is 2.25. The molecule has 0 saturated carbocycles. The number of pyridine rings is 1. The van der Waals surface area contributed by atoms with E-state index >= 15 is 0 Å². The van der Waals surface area contributed by atoms with Crippen LogP contribution in [-0.4, -0.2) is 4.98 Å². The van der Waals surface area contributed by atoms with Gasteiger partial charge in [0.1, 0.15) is 5.82 Å². The predicted octanol–water partition coefficient (Wildman–Crippen LogP) is 2.75. The molecule has 2 aromatic rings. The molecule has 2 rings (SSSR count). The molecule has 0 spiro atoms. The quantitative estimate of drug-likeness (QED) is 0.861. The van der Waals surface area contributed by atoms with E-state index in [1.165, 1.54) is 12.1 Å². The first kappa shape index (κ1) is 11.7. The second-order valence-corrected chi connectivity index (χ2v) is 4.40. The third-order valence-electron chi connectivity index (χ3n) is 3.04. The van der Waals surface area contributed by atoms with Crippen molar-refractivity contribution >= 4 is 0 Å². The third-order valence-corrected chi connectivity index (χ3v) is 3.04. The summed E-state index contributed by atoms with van der Waals surface area (Å²) >= 11 is 0. The molecule has 1 aromatic carbocycles. The van der Waals surface area contributed by atoms with E-state index in [1.54, 1.807) is 24.5 Å². The molecule has 1 atom stereocenters. The molecule has 1 heterocycles. The molecule has 2 nitrogen and oxygen atoms in total. The zero-order valence-electron chi connectivity index (χ0n) is 9.94. The van der Waals surface area contributed by atoms with Crippen molar-refractivity contribution in [2.45, 2.75) is 19.4 Å². The molecule has 17 heavy (non-hydrogen) atoms. The Morgan fingerprint density at radius 1 is 1.18 bits per heavy atom. The van der Waals surface area contributed by atoms with Crippen LogP contribution in [0, 0.1) is 12.7 Å². The number of aryl methyl sites for hydroxylation is 1. The number of halogens is 1. The molecule has 0 aliphatic heterocycles. The molecule has 88 valence electrons. The van der Waals surface area contributed by atoms with Crippen molar-refractivity contribution in [1.82, 2.24) is 4.98 Å². The second-order valence-electron chi connectivity index (χ2n) is 4.40. The number of benzene rings is 1. The van der Waals surface area contributed by atoms with E-state index in [-0.39, 0.29) is 5.82 Å². The van der Waals surface area contributed by atoms with Crippen molar-refractivity contribution in [3.8, 4) is 0 Å². The highest BCUT2D eigenvalue weighted by atomic mass is 19.1. The van der Waals surface area contributed by atoms with Crippen LogP contribution in [0.3, 0.4) is 0 Å². The molecule has 2 N–H and O–H groups in total. The Hall–Kier alpha value is -1.74.